The van der Waals surface area contributed by atoms with Crippen molar-refractivity contribution in [3.05, 3.63) is 35.1 Å². The van der Waals surface area contributed by atoms with E-state index < -0.39 is 29.8 Å². The molecule has 15 heavy (non-hydrogen) atoms. The summed E-state index contributed by atoms with van der Waals surface area (Å²) in [6, 6.07) is 2.99. The minimum atomic E-state index is -4.77. The van der Waals surface area contributed by atoms with Crippen molar-refractivity contribution in [3.63, 3.8) is 0 Å². The van der Waals surface area contributed by atoms with Crippen LogP contribution < -0.4 is 0 Å². The average Bonchev–Trinajstić information content (AvgIpc) is 1.99. The predicted octanol–water partition coefficient (Wildman–Crippen LogP) is 2.98. The monoisotopic (exact) mass is 220 g/mol. The topological polar surface area (TPSA) is 17.1 Å². The second-order valence-electron chi connectivity index (χ2n) is 3.15. The number of ketones is 1. The van der Waals surface area contributed by atoms with Crippen molar-refractivity contribution in [1.82, 2.24) is 0 Å². The molecule has 0 heterocycles. The number of carbonyl (C=O) groups excluding carboxylic acids is 1. The lowest BCUT2D eigenvalue weighted by Gasteiger charge is -2.12. The Morgan fingerprint density at radius 2 is 1.93 bits per heavy atom. The number of carbonyl (C=O) groups is 1. The Labute approximate surface area is 83.7 Å². The van der Waals surface area contributed by atoms with Crippen LogP contribution in [0.4, 0.5) is 17.6 Å². The van der Waals surface area contributed by atoms with Crippen LogP contribution in [0.25, 0.3) is 0 Å². The maximum atomic E-state index is 13.0. The molecule has 0 N–H and O–H groups in total. The summed E-state index contributed by atoms with van der Waals surface area (Å²) in [6.45, 7) is 1.16. The third-order valence-electron chi connectivity index (χ3n) is 1.82. The molecule has 1 aromatic rings. The molecule has 0 amide bonds. The molecule has 0 spiro atoms. The van der Waals surface area contributed by atoms with Gasteiger partial charge in [0.05, 0.1) is 5.56 Å². The summed E-state index contributed by atoms with van der Waals surface area (Å²) in [5.74, 6) is -1.78. The highest BCUT2D eigenvalue weighted by atomic mass is 19.4. The Balaban J connectivity index is 3.27. The number of halogens is 4. The second-order valence-corrected chi connectivity index (χ2v) is 3.15. The van der Waals surface area contributed by atoms with Gasteiger partial charge in [0.1, 0.15) is 11.6 Å². The van der Waals surface area contributed by atoms with Crippen molar-refractivity contribution in [2.24, 2.45) is 0 Å². The Morgan fingerprint density at radius 1 is 1.33 bits per heavy atom. The molecule has 82 valence electrons. The fourth-order valence-corrected chi connectivity index (χ4v) is 1.30. The molecule has 0 fully saturated rings. The van der Waals surface area contributed by atoms with Gasteiger partial charge in [-0.15, -0.1) is 0 Å². The van der Waals surface area contributed by atoms with Gasteiger partial charge in [-0.3, -0.25) is 4.79 Å². The fourth-order valence-electron chi connectivity index (χ4n) is 1.30. The molecule has 0 saturated carbocycles. The molecule has 0 radical (unpaired) electrons. The first kappa shape index (κ1) is 11.7. The number of Topliss-reactive ketones (excluding diaryl/α,β-unsaturated/α-hetero) is 1. The maximum absolute atomic E-state index is 13.0. The molecule has 1 aromatic carbocycles. The average molecular weight is 220 g/mol. The molecule has 0 bridgehead atoms. The normalized spacial score (nSPS) is 11.5. The molecule has 0 atom stereocenters. The van der Waals surface area contributed by atoms with Gasteiger partial charge in [0, 0.05) is 6.42 Å². The van der Waals surface area contributed by atoms with E-state index in [1.807, 2.05) is 0 Å². The quantitative estimate of drug-likeness (QED) is 0.700. The van der Waals surface area contributed by atoms with Crippen LogP contribution in [0, 0.1) is 5.82 Å². The van der Waals surface area contributed by atoms with E-state index in [0.717, 1.165) is 25.1 Å². The first-order valence-corrected chi connectivity index (χ1v) is 4.16. The maximum Gasteiger partial charge on any atom is 0.419 e. The van der Waals surface area contributed by atoms with Gasteiger partial charge in [0.2, 0.25) is 0 Å². The van der Waals surface area contributed by atoms with Crippen molar-refractivity contribution < 1.29 is 22.4 Å². The highest BCUT2D eigenvalue weighted by Crippen LogP contribution is 2.34. The summed E-state index contributed by atoms with van der Waals surface area (Å²) in [7, 11) is 0. The van der Waals surface area contributed by atoms with E-state index in [-0.39, 0.29) is 5.56 Å². The van der Waals surface area contributed by atoms with Gasteiger partial charge >= 0.3 is 6.18 Å². The number of benzene rings is 1. The number of hydrogen-bond donors (Lipinski definition) is 0. The summed E-state index contributed by atoms with van der Waals surface area (Å²) < 4.78 is 50.2. The zero-order valence-corrected chi connectivity index (χ0v) is 7.86. The second kappa shape index (κ2) is 4.00. The summed E-state index contributed by atoms with van der Waals surface area (Å²) in [5.41, 5.74) is -1.67. The van der Waals surface area contributed by atoms with E-state index in [1.54, 1.807) is 0 Å². The molecular formula is C10H8F4O. The Bertz CT molecular complexity index is 381. The van der Waals surface area contributed by atoms with E-state index in [4.69, 9.17) is 0 Å². The third kappa shape index (κ3) is 2.78. The van der Waals surface area contributed by atoms with Gasteiger partial charge in [-0.1, -0.05) is 12.1 Å². The molecule has 0 aliphatic rings. The Hall–Kier alpha value is -1.39. The van der Waals surface area contributed by atoms with Crippen LogP contribution in [0.1, 0.15) is 18.1 Å². The van der Waals surface area contributed by atoms with Gasteiger partial charge in [0.15, 0.2) is 0 Å². The van der Waals surface area contributed by atoms with Crippen molar-refractivity contribution >= 4 is 5.78 Å². The lowest BCUT2D eigenvalue weighted by atomic mass is 10.0. The predicted molar refractivity (Wildman–Crippen MR) is 45.8 cm³/mol. The van der Waals surface area contributed by atoms with E-state index in [9.17, 15) is 22.4 Å². The van der Waals surface area contributed by atoms with Gasteiger partial charge < -0.3 is 0 Å². The zero-order valence-electron chi connectivity index (χ0n) is 7.86. The molecule has 0 unspecified atom stereocenters. The summed E-state index contributed by atoms with van der Waals surface area (Å²) >= 11 is 0. The summed E-state index contributed by atoms with van der Waals surface area (Å²) in [5, 5.41) is 0. The molecule has 5 heteroatoms. The highest BCUT2D eigenvalue weighted by molar-refractivity contribution is 5.78. The van der Waals surface area contributed by atoms with Crippen molar-refractivity contribution in [1.29, 1.82) is 0 Å². The van der Waals surface area contributed by atoms with Crippen LogP contribution in [-0.4, -0.2) is 5.78 Å². The lowest BCUT2D eigenvalue weighted by molar-refractivity contribution is -0.140. The molecule has 1 nitrogen and oxygen atoms in total. The van der Waals surface area contributed by atoms with Crippen LogP contribution >= 0.6 is 0 Å². The van der Waals surface area contributed by atoms with E-state index in [1.165, 1.54) is 0 Å². The zero-order chi connectivity index (χ0) is 11.6. The van der Waals surface area contributed by atoms with Crippen molar-refractivity contribution in [2.45, 2.75) is 19.5 Å². The van der Waals surface area contributed by atoms with Crippen LogP contribution in [0.5, 0.6) is 0 Å². The minimum Gasteiger partial charge on any atom is -0.300 e. The summed E-state index contributed by atoms with van der Waals surface area (Å²) in [6.07, 6.45) is -5.18. The van der Waals surface area contributed by atoms with Crippen molar-refractivity contribution in [3.8, 4) is 0 Å². The van der Waals surface area contributed by atoms with E-state index in [0.29, 0.717) is 0 Å². The minimum absolute atomic E-state index is 0.324. The lowest BCUT2D eigenvalue weighted by Crippen LogP contribution is -2.13. The first-order valence-electron chi connectivity index (χ1n) is 4.16. The van der Waals surface area contributed by atoms with E-state index >= 15 is 0 Å². The van der Waals surface area contributed by atoms with Gasteiger partial charge in [0.25, 0.3) is 0 Å². The Kier molecular flexibility index (Phi) is 3.12. The molecule has 0 saturated heterocycles. The van der Waals surface area contributed by atoms with Crippen LogP contribution in [0.2, 0.25) is 0 Å². The molecule has 0 aliphatic heterocycles. The van der Waals surface area contributed by atoms with Gasteiger partial charge in [-0.05, 0) is 18.6 Å². The number of rotatable bonds is 2. The van der Waals surface area contributed by atoms with Gasteiger partial charge in [-0.2, -0.15) is 13.2 Å². The molecular weight excluding hydrogens is 212 g/mol. The smallest absolute Gasteiger partial charge is 0.300 e. The van der Waals surface area contributed by atoms with Crippen LogP contribution in [-0.2, 0) is 17.4 Å². The molecule has 1 rings (SSSR count). The summed E-state index contributed by atoms with van der Waals surface area (Å²) in [4.78, 5) is 10.7. The SMILES string of the molecule is CC(=O)Cc1cccc(F)c1C(F)(F)F. The number of alkyl halides is 3. The van der Waals surface area contributed by atoms with E-state index in [2.05, 4.69) is 0 Å². The standard InChI is InChI=1S/C10H8F4O/c1-6(15)5-7-3-2-4-8(11)9(7)10(12,13)14/h2-4H,5H2,1H3. The fraction of sp³-hybridized carbons (Fsp3) is 0.300. The first-order chi connectivity index (χ1) is 6.82. The third-order valence-corrected chi connectivity index (χ3v) is 1.82. The Morgan fingerprint density at radius 3 is 2.40 bits per heavy atom. The highest BCUT2D eigenvalue weighted by Gasteiger charge is 2.36. The number of hydrogen-bond acceptors (Lipinski definition) is 1. The van der Waals surface area contributed by atoms with Crippen LogP contribution in [0.15, 0.2) is 18.2 Å². The van der Waals surface area contributed by atoms with Crippen LogP contribution in [0.3, 0.4) is 0 Å². The largest absolute Gasteiger partial charge is 0.419 e. The molecule has 0 aromatic heterocycles. The van der Waals surface area contributed by atoms with Crippen molar-refractivity contribution in [2.75, 3.05) is 0 Å². The molecule has 0 aliphatic carbocycles. The van der Waals surface area contributed by atoms with Gasteiger partial charge in [-0.25, -0.2) is 4.39 Å².